The normalized spacial score (nSPS) is 9.33. The molecule has 1 heterocycles. The van der Waals surface area contributed by atoms with Crippen LogP contribution < -0.4 is 5.73 Å². The van der Waals surface area contributed by atoms with Crippen molar-refractivity contribution in [3.8, 4) is 0 Å². The van der Waals surface area contributed by atoms with Crippen molar-refractivity contribution >= 4 is 27.6 Å². The predicted molar refractivity (Wildman–Crippen MR) is 80.8 cm³/mol. The Morgan fingerprint density at radius 1 is 0.778 bits per heavy atom. The molecule has 0 fully saturated rings. The van der Waals surface area contributed by atoms with Crippen molar-refractivity contribution in [3.05, 3.63) is 42.5 Å². The van der Waals surface area contributed by atoms with Gasteiger partial charge in [0.25, 0.3) is 0 Å². The molecule has 0 aliphatic carbocycles. The maximum absolute atomic E-state index is 5.73. The van der Waals surface area contributed by atoms with Gasteiger partial charge in [-0.15, -0.1) is 0 Å². The van der Waals surface area contributed by atoms with Gasteiger partial charge in [-0.3, -0.25) is 0 Å². The van der Waals surface area contributed by atoms with Crippen LogP contribution in [0.25, 0.3) is 21.9 Å². The largest absolute Gasteiger partial charge is 0.456 e. The number of nitrogens with two attached hydrogens (primary N) is 1. The topological polar surface area (TPSA) is 39.2 Å². The molecule has 0 spiro atoms. The number of para-hydroxylation sites is 1. The van der Waals surface area contributed by atoms with Crippen LogP contribution in [0, 0.1) is 0 Å². The number of furan rings is 1. The molecule has 0 saturated carbocycles. The molecule has 2 aromatic carbocycles. The third-order valence-corrected chi connectivity index (χ3v) is 2.40. The molecule has 2 heteroatoms. The third kappa shape index (κ3) is 2.65. The van der Waals surface area contributed by atoms with Crippen LogP contribution in [0.15, 0.2) is 46.9 Å². The molecule has 0 aliphatic rings. The highest BCUT2D eigenvalue weighted by Gasteiger charge is 2.04. The molecule has 96 valence electrons. The minimum Gasteiger partial charge on any atom is -0.456 e. The second kappa shape index (κ2) is 6.70. The molecule has 0 atom stereocenters. The summed E-state index contributed by atoms with van der Waals surface area (Å²) in [6, 6.07) is 13.7. The SMILES string of the molecule is CC.CC.Nc1ccc2oc3ccccc3c2c1. The van der Waals surface area contributed by atoms with E-state index in [4.69, 9.17) is 10.2 Å². The van der Waals surface area contributed by atoms with Gasteiger partial charge in [-0.05, 0) is 24.3 Å². The maximum Gasteiger partial charge on any atom is 0.135 e. The van der Waals surface area contributed by atoms with Crippen molar-refractivity contribution in [1.29, 1.82) is 0 Å². The van der Waals surface area contributed by atoms with Crippen LogP contribution in [0.1, 0.15) is 27.7 Å². The van der Waals surface area contributed by atoms with E-state index in [0.29, 0.717) is 0 Å². The average Bonchev–Trinajstić information content (AvgIpc) is 2.81. The lowest BCUT2D eigenvalue weighted by molar-refractivity contribution is 0.669. The van der Waals surface area contributed by atoms with E-state index in [1.165, 1.54) is 0 Å². The van der Waals surface area contributed by atoms with Gasteiger partial charge in [0.1, 0.15) is 11.2 Å². The lowest BCUT2D eigenvalue weighted by atomic mass is 10.1. The predicted octanol–water partition coefficient (Wildman–Crippen LogP) is 5.22. The van der Waals surface area contributed by atoms with Gasteiger partial charge in [-0.1, -0.05) is 45.9 Å². The summed E-state index contributed by atoms with van der Waals surface area (Å²) in [6.07, 6.45) is 0. The average molecular weight is 243 g/mol. The number of nitrogen functional groups attached to an aromatic ring is 1. The van der Waals surface area contributed by atoms with Crippen LogP contribution >= 0.6 is 0 Å². The summed E-state index contributed by atoms with van der Waals surface area (Å²) < 4.78 is 5.65. The van der Waals surface area contributed by atoms with E-state index in [0.717, 1.165) is 27.6 Å². The molecule has 18 heavy (non-hydrogen) atoms. The second-order valence-corrected chi connectivity index (χ2v) is 3.35. The molecule has 2 N–H and O–H groups in total. The monoisotopic (exact) mass is 243 g/mol. The number of fused-ring (bicyclic) bond motifs is 3. The summed E-state index contributed by atoms with van der Waals surface area (Å²) in [5.41, 5.74) is 8.30. The van der Waals surface area contributed by atoms with E-state index in [1.54, 1.807) is 0 Å². The van der Waals surface area contributed by atoms with E-state index in [9.17, 15) is 0 Å². The smallest absolute Gasteiger partial charge is 0.135 e. The highest BCUT2D eigenvalue weighted by atomic mass is 16.3. The number of hydrogen-bond acceptors (Lipinski definition) is 2. The first-order valence-corrected chi connectivity index (χ1v) is 6.51. The molecule has 1 aromatic heterocycles. The Morgan fingerprint density at radius 3 is 2.11 bits per heavy atom. The molecule has 0 bridgehead atoms. The molecule has 0 radical (unpaired) electrons. The van der Waals surface area contributed by atoms with Gasteiger partial charge in [0, 0.05) is 16.5 Å². The number of anilines is 1. The number of benzene rings is 2. The molecular formula is C16H21NO. The van der Waals surface area contributed by atoms with Crippen LogP contribution in [-0.2, 0) is 0 Å². The zero-order valence-corrected chi connectivity index (χ0v) is 11.5. The van der Waals surface area contributed by atoms with Crippen LogP contribution in [-0.4, -0.2) is 0 Å². The molecule has 0 saturated heterocycles. The van der Waals surface area contributed by atoms with Crippen molar-refractivity contribution < 1.29 is 4.42 Å². The minimum atomic E-state index is 0.768. The fraction of sp³-hybridized carbons (Fsp3) is 0.250. The quantitative estimate of drug-likeness (QED) is 0.550. The van der Waals surface area contributed by atoms with Crippen molar-refractivity contribution in [3.63, 3.8) is 0 Å². The fourth-order valence-electron chi connectivity index (χ4n) is 1.74. The fourth-order valence-corrected chi connectivity index (χ4v) is 1.74. The van der Waals surface area contributed by atoms with Crippen molar-refractivity contribution in [1.82, 2.24) is 0 Å². The third-order valence-electron chi connectivity index (χ3n) is 2.40. The molecule has 2 nitrogen and oxygen atoms in total. The van der Waals surface area contributed by atoms with E-state index in [1.807, 2.05) is 70.2 Å². The van der Waals surface area contributed by atoms with E-state index < -0.39 is 0 Å². The Labute approximate surface area is 108 Å². The molecule has 3 rings (SSSR count). The Morgan fingerprint density at radius 2 is 1.39 bits per heavy atom. The zero-order valence-electron chi connectivity index (χ0n) is 11.5. The Hall–Kier alpha value is -1.96. The van der Waals surface area contributed by atoms with Gasteiger partial charge < -0.3 is 10.2 Å². The van der Waals surface area contributed by atoms with E-state index in [2.05, 4.69) is 0 Å². The molecule has 0 unspecified atom stereocenters. The van der Waals surface area contributed by atoms with Gasteiger partial charge >= 0.3 is 0 Å². The summed E-state index contributed by atoms with van der Waals surface area (Å²) in [6.45, 7) is 8.00. The summed E-state index contributed by atoms with van der Waals surface area (Å²) in [4.78, 5) is 0. The van der Waals surface area contributed by atoms with Crippen LogP contribution in [0.4, 0.5) is 5.69 Å². The van der Waals surface area contributed by atoms with Gasteiger partial charge in [-0.2, -0.15) is 0 Å². The molecule has 0 aliphatic heterocycles. The first-order valence-electron chi connectivity index (χ1n) is 6.51. The lowest BCUT2D eigenvalue weighted by Crippen LogP contribution is -1.81. The standard InChI is InChI=1S/C12H9NO.2C2H6/c13-8-5-6-12-10(7-8)9-3-1-2-4-11(9)14-12;2*1-2/h1-7H,13H2;2*1-2H3. The van der Waals surface area contributed by atoms with Crippen LogP contribution in [0.5, 0.6) is 0 Å². The second-order valence-electron chi connectivity index (χ2n) is 3.35. The highest BCUT2D eigenvalue weighted by molar-refractivity contribution is 6.05. The first-order chi connectivity index (χ1) is 8.84. The minimum absolute atomic E-state index is 0.768. The first kappa shape index (κ1) is 14.1. The number of hydrogen-bond donors (Lipinski definition) is 1. The Bertz CT molecular complexity index is 611. The summed E-state index contributed by atoms with van der Waals surface area (Å²) in [7, 11) is 0. The van der Waals surface area contributed by atoms with Gasteiger partial charge in [-0.25, -0.2) is 0 Å². The van der Waals surface area contributed by atoms with Gasteiger partial charge in [0.15, 0.2) is 0 Å². The summed E-state index contributed by atoms with van der Waals surface area (Å²) >= 11 is 0. The summed E-state index contributed by atoms with van der Waals surface area (Å²) in [5.74, 6) is 0. The Balaban J connectivity index is 0.000000371. The van der Waals surface area contributed by atoms with E-state index in [-0.39, 0.29) is 0 Å². The van der Waals surface area contributed by atoms with Crippen molar-refractivity contribution in [2.75, 3.05) is 5.73 Å². The summed E-state index contributed by atoms with van der Waals surface area (Å²) in [5, 5.41) is 2.20. The highest BCUT2D eigenvalue weighted by Crippen LogP contribution is 2.29. The maximum atomic E-state index is 5.73. The van der Waals surface area contributed by atoms with E-state index >= 15 is 0 Å². The van der Waals surface area contributed by atoms with Crippen molar-refractivity contribution in [2.45, 2.75) is 27.7 Å². The van der Waals surface area contributed by atoms with Gasteiger partial charge in [0.2, 0.25) is 0 Å². The molecule has 3 aromatic rings. The molecule has 0 amide bonds. The van der Waals surface area contributed by atoms with Crippen LogP contribution in [0.3, 0.4) is 0 Å². The Kier molecular flexibility index (Phi) is 5.25. The lowest BCUT2D eigenvalue weighted by Gasteiger charge is -1.91. The van der Waals surface area contributed by atoms with Gasteiger partial charge in [0.05, 0.1) is 0 Å². The van der Waals surface area contributed by atoms with Crippen LogP contribution in [0.2, 0.25) is 0 Å². The molecular weight excluding hydrogens is 222 g/mol. The number of rotatable bonds is 0. The zero-order chi connectivity index (χ0) is 13.5. The van der Waals surface area contributed by atoms with Crippen molar-refractivity contribution in [2.24, 2.45) is 0 Å².